The van der Waals surface area contributed by atoms with Crippen LogP contribution in [-0.2, 0) is 0 Å². The molecule has 0 amide bonds. The molecule has 0 radical (unpaired) electrons. The molecule has 0 unspecified atom stereocenters. The van der Waals surface area contributed by atoms with E-state index in [2.05, 4.69) is 26.0 Å². The van der Waals surface area contributed by atoms with Crippen LogP contribution >= 0.6 is 15.9 Å². The fourth-order valence-electron chi connectivity index (χ4n) is 1.27. The van der Waals surface area contributed by atoms with Crippen molar-refractivity contribution in [2.45, 2.75) is 13.8 Å². The predicted molar refractivity (Wildman–Crippen MR) is 50.2 cm³/mol. The minimum absolute atomic E-state index is 0.829. The fourth-order valence-corrected chi connectivity index (χ4v) is 1.56. The minimum atomic E-state index is 0.829. The highest BCUT2D eigenvalue weighted by Crippen LogP contribution is 2.13. The van der Waals surface area contributed by atoms with Crippen LogP contribution < -0.4 is 0 Å². The van der Waals surface area contributed by atoms with Gasteiger partial charge in [0.05, 0.1) is 11.2 Å². The van der Waals surface area contributed by atoms with E-state index in [1.54, 1.807) is 0 Å². The number of aryl methyl sites for hydroxylation is 2. The summed E-state index contributed by atoms with van der Waals surface area (Å²) < 4.78 is 2.66. The van der Waals surface area contributed by atoms with Crippen LogP contribution in [0.4, 0.5) is 0 Å². The van der Waals surface area contributed by atoms with Crippen molar-refractivity contribution >= 4 is 21.4 Å². The van der Waals surface area contributed by atoms with E-state index in [0.717, 1.165) is 21.6 Å². The van der Waals surface area contributed by atoms with Crippen LogP contribution in [0.3, 0.4) is 0 Å². The van der Waals surface area contributed by atoms with E-state index >= 15 is 0 Å². The molecule has 2 rings (SSSR count). The Balaban J connectivity index is 2.90. The number of aromatic nitrogens is 3. The molecule has 2 aromatic heterocycles. The molecule has 0 saturated heterocycles. The van der Waals surface area contributed by atoms with Gasteiger partial charge in [0, 0.05) is 0 Å². The maximum Gasteiger partial charge on any atom is 0.127 e. The molecule has 0 aliphatic carbocycles. The zero-order valence-electron chi connectivity index (χ0n) is 6.87. The van der Waals surface area contributed by atoms with Crippen LogP contribution in [0.15, 0.2) is 16.7 Å². The average molecular weight is 226 g/mol. The summed E-state index contributed by atoms with van der Waals surface area (Å²) in [6.07, 6.45) is 0. The number of hydrogen-bond acceptors (Lipinski definition) is 2. The van der Waals surface area contributed by atoms with Gasteiger partial charge in [-0.1, -0.05) is 0 Å². The van der Waals surface area contributed by atoms with Crippen molar-refractivity contribution in [2.75, 3.05) is 0 Å². The smallest absolute Gasteiger partial charge is 0.127 e. The maximum atomic E-state index is 4.31. The van der Waals surface area contributed by atoms with Gasteiger partial charge < -0.3 is 0 Å². The number of rotatable bonds is 0. The molecule has 4 heteroatoms. The molecule has 12 heavy (non-hydrogen) atoms. The molecular weight excluding hydrogens is 218 g/mol. The minimum Gasteiger partial charge on any atom is -0.236 e. The Kier molecular flexibility index (Phi) is 1.65. The average Bonchev–Trinajstić information content (AvgIpc) is 2.28. The van der Waals surface area contributed by atoms with E-state index in [1.807, 2.05) is 30.5 Å². The highest BCUT2D eigenvalue weighted by Gasteiger charge is 2.04. The quantitative estimate of drug-likeness (QED) is 0.688. The molecule has 62 valence electrons. The van der Waals surface area contributed by atoms with E-state index < -0.39 is 0 Å². The molecule has 2 aromatic rings. The molecule has 0 aromatic carbocycles. The van der Waals surface area contributed by atoms with Gasteiger partial charge in [0.15, 0.2) is 0 Å². The summed E-state index contributed by atoms with van der Waals surface area (Å²) in [6, 6.07) is 3.93. The highest BCUT2D eigenvalue weighted by molar-refractivity contribution is 9.10. The molecular formula is C8H8BrN3. The SMILES string of the molecule is Cc1nc(C)n2nc(Br)ccc12. The van der Waals surface area contributed by atoms with Crippen LogP contribution in [0.25, 0.3) is 5.52 Å². The Labute approximate surface area is 78.6 Å². The Morgan fingerprint density at radius 1 is 1.33 bits per heavy atom. The molecule has 0 N–H and O–H groups in total. The fraction of sp³-hybridized carbons (Fsp3) is 0.250. The second-order valence-electron chi connectivity index (χ2n) is 2.70. The Morgan fingerprint density at radius 2 is 2.08 bits per heavy atom. The lowest BCUT2D eigenvalue weighted by atomic mass is 10.4. The van der Waals surface area contributed by atoms with Gasteiger partial charge in [0.1, 0.15) is 10.4 Å². The van der Waals surface area contributed by atoms with E-state index in [4.69, 9.17) is 0 Å². The highest BCUT2D eigenvalue weighted by atomic mass is 79.9. The van der Waals surface area contributed by atoms with E-state index in [0.29, 0.717) is 0 Å². The van der Waals surface area contributed by atoms with Crippen LogP contribution in [0.5, 0.6) is 0 Å². The van der Waals surface area contributed by atoms with Crippen LogP contribution in [-0.4, -0.2) is 14.6 Å². The Morgan fingerprint density at radius 3 is 2.83 bits per heavy atom. The summed E-state index contributed by atoms with van der Waals surface area (Å²) >= 11 is 3.32. The summed E-state index contributed by atoms with van der Waals surface area (Å²) in [6.45, 7) is 3.93. The van der Waals surface area contributed by atoms with Crippen molar-refractivity contribution in [3.63, 3.8) is 0 Å². The number of hydrogen-bond donors (Lipinski definition) is 0. The molecule has 0 aliphatic rings. The molecule has 2 heterocycles. The first-order chi connectivity index (χ1) is 5.68. The lowest BCUT2D eigenvalue weighted by Crippen LogP contribution is -1.93. The topological polar surface area (TPSA) is 30.2 Å². The van der Waals surface area contributed by atoms with Gasteiger partial charge in [-0.15, -0.1) is 0 Å². The van der Waals surface area contributed by atoms with Gasteiger partial charge >= 0.3 is 0 Å². The normalized spacial score (nSPS) is 10.9. The largest absolute Gasteiger partial charge is 0.236 e. The zero-order chi connectivity index (χ0) is 8.72. The first-order valence-electron chi connectivity index (χ1n) is 3.67. The molecule has 0 spiro atoms. The van der Waals surface area contributed by atoms with Crippen LogP contribution in [0.1, 0.15) is 11.5 Å². The number of halogens is 1. The van der Waals surface area contributed by atoms with Crippen molar-refractivity contribution in [1.29, 1.82) is 0 Å². The summed E-state index contributed by atoms with van der Waals surface area (Å²) in [5, 5.41) is 4.27. The molecule has 0 atom stereocenters. The van der Waals surface area contributed by atoms with Gasteiger partial charge in [0.25, 0.3) is 0 Å². The van der Waals surface area contributed by atoms with Crippen LogP contribution in [0, 0.1) is 13.8 Å². The van der Waals surface area contributed by atoms with Crippen molar-refractivity contribution < 1.29 is 0 Å². The second-order valence-corrected chi connectivity index (χ2v) is 3.51. The number of imidazole rings is 1. The van der Waals surface area contributed by atoms with Gasteiger partial charge in [-0.3, -0.25) is 0 Å². The van der Waals surface area contributed by atoms with Gasteiger partial charge in [-0.25, -0.2) is 9.50 Å². The van der Waals surface area contributed by atoms with Crippen molar-refractivity contribution in [2.24, 2.45) is 0 Å². The monoisotopic (exact) mass is 225 g/mol. The second kappa shape index (κ2) is 2.55. The van der Waals surface area contributed by atoms with Gasteiger partial charge in [0.2, 0.25) is 0 Å². The third-order valence-electron chi connectivity index (χ3n) is 1.81. The van der Waals surface area contributed by atoms with Crippen molar-refractivity contribution in [3.8, 4) is 0 Å². The third kappa shape index (κ3) is 1.03. The first kappa shape index (κ1) is 7.73. The summed E-state index contributed by atoms with van der Waals surface area (Å²) in [7, 11) is 0. The summed E-state index contributed by atoms with van der Waals surface area (Å²) in [5.41, 5.74) is 2.09. The van der Waals surface area contributed by atoms with Crippen molar-refractivity contribution in [3.05, 3.63) is 28.3 Å². The van der Waals surface area contributed by atoms with E-state index in [9.17, 15) is 0 Å². The predicted octanol–water partition coefficient (Wildman–Crippen LogP) is 2.11. The van der Waals surface area contributed by atoms with Gasteiger partial charge in [-0.05, 0) is 41.9 Å². The molecule has 3 nitrogen and oxygen atoms in total. The zero-order valence-corrected chi connectivity index (χ0v) is 8.46. The summed E-state index contributed by atoms with van der Waals surface area (Å²) in [4.78, 5) is 4.31. The molecule has 0 bridgehead atoms. The van der Waals surface area contributed by atoms with Crippen LogP contribution in [0.2, 0.25) is 0 Å². The summed E-state index contributed by atoms with van der Waals surface area (Å²) in [5.74, 6) is 0.920. The first-order valence-corrected chi connectivity index (χ1v) is 4.46. The standard InChI is InChI=1S/C8H8BrN3/c1-5-7-3-4-8(9)11-12(7)6(2)10-5/h3-4H,1-2H3. The number of fused-ring (bicyclic) bond motifs is 1. The van der Waals surface area contributed by atoms with Gasteiger partial charge in [-0.2, -0.15) is 5.10 Å². The van der Waals surface area contributed by atoms with E-state index in [1.165, 1.54) is 0 Å². The van der Waals surface area contributed by atoms with E-state index in [-0.39, 0.29) is 0 Å². The lowest BCUT2D eigenvalue weighted by molar-refractivity contribution is 0.862. The third-order valence-corrected chi connectivity index (χ3v) is 2.23. The number of nitrogens with zero attached hydrogens (tertiary/aromatic N) is 3. The Bertz CT molecular complexity index is 433. The van der Waals surface area contributed by atoms with Crippen molar-refractivity contribution in [1.82, 2.24) is 14.6 Å². The molecule has 0 aliphatic heterocycles. The lowest BCUT2D eigenvalue weighted by Gasteiger charge is -1.94. The Hall–Kier alpha value is -0.900. The molecule has 0 saturated carbocycles. The molecule has 0 fully saturated rings. The maximum absolute atomic E-state index is 4.31.